The van der Waals surface area contributed by atoms with Gasteiger partial charge in [-0.05, 0) is 37.5 Å². The third-order valence-corrected chi connectivity index (χ3v) is 3.29. The van der Waals surface area contributed by atoms with E-state index in [9.17, 15) is 4.79 Å². The predicted octanol–water partition coefficient (Wildman–Crippen LogP) is 2.76. The summed E-state index contributed by atoms with van der Waals surface area (Å²) in [6, 6.07) is 5.04. The van der Waals surface area contributed by atoms with Gasteiger partial charge in [0, 0.05) is 16.8 Å². The van der Waals surface area contributed by atoms with Gasteiger partial charge in [0.1, 0.15) is 6.61 Å². The zero-order chi connectivity index (χ0) is 13.0. The molecule has 1 atom stereocenters. The van der Waals surface area contributed by atoms with E-state index < -0.39 is 0 Å². The molecule has 1 aliphatic heterocycles. The number of carbonyl (C=O) groups is 1. The van der Waals surface area contributed by atoms with Gasteiger partial charge in [-0.1, -0.05) is 15.9 Å². The second-order valence-corrected chi connectivity index (χ2v) is 5.28. The van der Waals surface area contributed by atoms with Crippen LogP contribution in [0.2, 0.25) is 0 Å². The zero-order valence-corrected chi connectivity index (χ0v) is 11.6. The van der Waals surface area contributed by atoms with E-state index >= 15 is 0 Å². The van der Waals surface area contributed by atoms with E-state index in [0.717, 1.165) is 30.3 Å². The molecule has 0 aromatic heterocycles. The highest BCUT2D eigenvalue weighted by Gasteiger charge is 2.17. The predicted molar refractivity (Wildman–Crippen MR) is 72.4 cm³/mol. The van der Waals surface area contributed by atoms with Crippen LogP contribution in [-0.4, -0.2) is 25.3 Å². The Morgan fingerprint density at radius 3 is 2.94 bits per heavy atom. The Morgan fingerprint density at radius 2 is 2.28 bits per heavy atom. The van der Waals surface area contributed by atoms with Gasteiger partial charge in [-0.2, -0.15) is 0 Å². The quantitative estimate of drug-likeness (QED) is 0.688. The maximum atomic E-state index is 11.8. The van der Waals surface area contributed by atoms with Crippen molar-refractivity contribution in [2.45, 2.75) is 25.4 Å². The minimum atomic E-state index is -0.364. The monoisotopic (exact) mass is 313 g/mol. The average molecular weight is 314 g/mol. The molecule has 0 spiro atoms. The molecule has 0 amide bonds. The van der Waals surface area contributed by atoms with Crippen molar-refractivity contribution in [3.05, 3.63) is 28.2 Å². The van der Waals surface area contributed by atoms with Crippen LogP contribution < -0.4 is 5.73 Å². The van der Waals surface area contributed by atoms with Crippen LogP contribution in [0.25, 0.3) is 0 Å². The highest BCUT2D eigenvalue weighted by Crippen LogP contribution is 2.19. The summed E-state index contributed by atoms with van der Waals surface area (Å²) in [6.07, 6.45) is 3.21. The number of halogens is 1. The lowest BCUT2D eigenvalue weighted by Gasteiger charge is -2.22. The van der Waals surface area contributed by atoms with Gasteiger partial charge in [0.15, 0.2) is 0 Å². The molecule has 98 valence electrons. The Morgan fingerprint density at radius 1 is 1.44 bits per heavy atom. The van der Waals surface area contributed by atoms with Gasteiger partial charge in [0.05, 0.1) is 11.7 Å². The smallest absolute Gasteiger partial charge is 0.338 e. The molecule has 1 aromatic rings. The molecule has 0 bridgehead atoms. The minimum absolute atomic E-state index is 0.0344. The first-order valence-electron chi connectivity index (χ1n) is 6.00. The van der Waals surface area contributed by atoms with E-state index in [2.05, 4.69) is 15.9 Å². The molecule has 1 fully saturated rings. The summed E-state index contributed by atoms with van der Waals surface area (Å²) in [5, 5.41) is 0. The summed E-state index contributed by atoms with van der Waals surface area (Å²) >= 11 is 3.30. The minimum Gasteiger partial charge on any atom is -0.459 e. The fraction of sp³-hybridized carbons (Fsp3) is 0.462. The lowest BCUT2D eigenvalue weighted by atomic mass is 10.1. The molecule has 0 aliphatic carbocycles. The molecule has 0 radical (unpaired) electrons. The molecule has 1 saturated heterocycles. The standard InChI is InChI=1S/C13H16BrNO3/c14-10-5-9(6-11(15)7-10)13(16)18-8-12-3-1-2-4-17-12/h5-7,12H,1-4,8,15H2. The molecule has 1 aliphatic rings. The van der Waals surface area contributed by atoms with Gasteiger partial charge in [0.2, 0.25) is 0 Å². The molecule has 1 heterocycles. The van der Waals surface area contributed by atoms with Crippen molar-refractivity contribution in [3.63, 3.8) is 0 Å². The van der Waals surface area contributed by atoms with E-state index in [1.54, 1.807) is 18.2 Å². The fourth-order valence-electron chi connectivity index (χ4n) is 1.92. The summed E-state index contributed by atoms with van der Waals surface area (Å²) in [5.41, 5.74) is 6.66. The number of rotatable bonds is 3. The number of anilines is 1. The van der Waals surface area contributed by atoms with Gasteiger partial charge in [-0.3, -0.25) is 0 Å². The van der Waals surface area contributed by atoms with Crippen LogP contribution in [0, 0.1) is 0 Å². The van der Waals surface area contributed by atoms with Crippen molar-refractivity contribution in [2.75, 3.05) is 18.9 Å². The van der Waals surface area contributed by atoms with Gasteiger partial charge in [-0.15, -0.1) is 0 Å². The second kappa shape index (κ2) is 6.20. The number of hydrogen-bond acceptors (Lipinski definition) is 4. The maximum Gasteiger partial charge on any atom is 0.338 e. The zero-order valence-electron chi connectivity index (χ0n) is 10.0. The highest BCUT2D eigenvalue weighted by molar-refractivity contribution is 9.10. The summed E-state index contributed by atoms with van der Waals surface area (Å²) < 4.78 is 11.5. The van der Waals surface area contributed by atoms with E-state index in [-0.39, 0.29) is 12.1 Å². The fourth-order valence-corrected chi connectivity index (χ4v) is 2.43. The maximum absolute atomic E-state index is 11.8. The van der Waals surface area contributed by atoms with Crippen LogP contribution in [0.5, 0.6) is 0 Å². The van der Waals surface area contributed by atoms with Crippen molar-refractivity contribution in [2.24, 2.45) is 0 Å². The van der Waals surface area contributed by atoms with Gasteiger partial charge in [-0.25, -0.2) is 4.79 Å². The van der Waals surface area contributed by atoms with E-state index in [0.29, 0.717) is 17.9 Å². The Balaban J connectivity index is 1.90. The largest absolute Gasteiger partial charge is 0.459 e. The van der Waals surface area contributed by atoms with E-state index in [4.69, 9.17) is 15.2 Å². The third kappa shape index (κ3) is 3.71. The second-order valence-electron chi connectivity index (χ2n) is 4.36. The molecular formula is C13H16BrNO3. The Hall–Kier alpha value is -1.07. The van der Waals surface area contributed by atoms with Crippen molar-refractivity contribution < 1.29 is 14.3 Å². The summed E-state index contributed by atoms with van der Waals surface area (Å²) in [6.45, 7) is 1.07. The van der Waals surface area contributed by atoms with Crippen molar-refractivity contribution >= 4 is 27.6 Å². The van der Waals surface area contributed by atoms with Crippen molar-refractivity contribution in [3.8, 4) is 0 Å². The van der Waals surface area contributed by atoms with E-state index in [1.165, 1.54) is 0 Å². The lowest BCUT2D eigenvalue weighted by Crippen LogP contribution is -2.26. The molecule has 18 heavy (non-hydrogen) atoms. The molecule has 1 unspecified atom stereocenters. The number of hydrogen-bond donors (Lipinski definition) is 1. The van der Waals surface area contributed by atoms with Gasteiger partial charge >= 0.3 is 5.97 Å². The van der Waals surface area contributed by atoms with E-state index in [1.807, 2.05) is 0 Å². The van der Waals surface area contributed by atoms with Crippen LogP contribution >= 0.6 is 15.9 Å². The summed E-state index contributed by atoms with van der Waals surface area (Å²) in [7, 11) is 0. The lowest BCUT2D eigenvalue weighted by molar-refractivity contribution is -0.0300. The first-order valence-corrected chi connectivity index (χ1v) is 6.79. The molecule has 4 nitrogen and oxygen atoms in total. The third-order valence-electron chi connectivity index (χ3n) is 2.83. The number of esters is 1. The summed E-state index contributed by atoms with van der Waals surface area (Å²) in [5.74, 6) is -0.364. The molecule has 5 heteroatoms. The number of benzene rings is 1. The van der Waals surface area contributed by atoms with Crippen LogP contribution in [0.1, 0.15) is 29.6 Å². The Kier molecular flexibility index (Phi) is 4.60. The molecular weight excluding hydrogens is 298 g/mol. The van der Waals surface area contributed by atoms with Crippen LogP contribution in [0.15, 0.2) is 22.7 Å². The number of nitrogen functional groups attached to an aromatic ring is 1. The molecule has 2 rings (SSSR count). The normalized spacial score (nSPS) is 19.5. The molecule has 2 N–H and O–H groups in total. The highest BCUT2D eigenvalue weighted by atomic mass is 79.9. The Bertz CT molecular complexity index is 410. The Labute approximate surface area is 115 Å². The first kappa shape index (κ1) is 13.4. The van der Waals surface area contributed by atoms with Crippen LogP contribution in [0.4, 0.5) is 5.69 Å². The van der Waals surface area contributed by atoms with Crippen LogP contribution in [-0.2, 0) is 9.47 Å². The topological polar surface area (TPSA) is 61.6 Å². The average Bonchev–Trinajstić information content (AvgIpc) is 2.36. The van der Waals surface area contributed by atoms with Crippen LogP contribution in [0.3, 0.4) is 0 Å². The van der Waals surface area contributed by atoms with Gasteiger partial charge < -0.3 is 15.2 Å². The van der Waals surface area contributed by atoms with Gasteiger partial charge in [0.25, 0.3) is 0 Å². The first-order chi connectivity index (χ1) is 8.65. The molecule has 1 aromatic carbocycles. The SMILES string of the molecule is Nc1cc(Br)cc(C(=O)OCC2CCCCO2)c1. The number of ether oxygens (including phenoxy) is 2. The van der Waals surface area contributed by atoms with Crippen molar-refractivity contribution in [1.82, 2.24) is 0 Å². The number of nitrogens with two attached hydrogens (primary N) is 1. The summed E-state index contributed by atoms with van der Waals surface area (Å²) in [4.78, 5) is 11.8. The van der Waals surface area contributed by atoms with Crippen molar-refractivity contribution in [1.29, 1.82) is 0 Å². The molecule has 0 saturated carbocycles. The number of carbonyl (C=O) groups excluding carboxylic acids is 1.